The summed E-state index contributed by atoms with van der Waals surface area (Å²) in [5.41, 5.74) is 0.882. The zero-order chi connectivity index (χ0) is 16.7. The van der Waals surface area contributed by atoms with Gasteiger partial charge in [0.25, 0.3) is 0 Å². The summed E-state index contributed by atoms with van der Waals surface area (Å²) in [6, 6.07) is 7.17. The summed E-state index contributed by atoms with van der Waals surface area (Å²) >= 11 is 0. The van der Waals surface area contributed by atoms with Crippen LogP contribution in [0.2, 0.25) is 0 Å². The van der Waals surface area contributed by atoms with E-state index < -0.39 is 16.0 Å². The molecule has 1 saturated heterocycles. The van der Waals surface area contributed by atoms with Gasteiger partial charge in [0.2, 0.25) is 10.0 Å². The van der Waals surface area contributed by atoms with Crippen molar-refractivity contribution >= 4 is 16.0 Å². The zero-order valence-corrected chi connectivity index (χ0v) is 13.9. The third kappa shape index (κ3) is 5.30. The Balaban J connectivity index is 2.02. The average Bonchev–Trinajstić information content (AvgIpc) is 2.55. The molecule has 0 radical (unpaired) electrons. The Hall–Kier alpha value is -1.44. The molecule has 7 heteroatoms. The molecule has 0 aromatic heterocycles. The summed E-state index contributed by atoms with van der Waals surface area (Å²) in [6.45, 7) is 2.07. The van der Waals surface area contributed by atoms with E-state index in [0.717, 1.165) is 31.5 Å². The lowest BCUT2D eigenvalue weighted by molar-refractivity contribution is -0.137. The maximum absolute atomic E-state index is 12.5. The van der Waals surface area contributed by atoms with Crippen LogP contribution in [0.25, 0.3) is 0 Å². The van der Waals surface area contributed by atoms with Crippen LogP contribution in [-0.4, -0.2) is 39.1 Å². The minimum Gasteiger partial charge on any atom is -0.481 e. The Morgan fingerprint density at radius 2 is 1.91 bits per heavy atom. The minimum atomic E-state index is -3.56. The fourth-order valence-corrected chi connectivity index (χ4v) is 4.25. The maximum Gasteiger partial charge on any atom is 0.303 e. The van der Waals surface area contributed by atoms with Crippen molar-refractivity contribution < 1.29 is 18.3 Å². The molecule has 2 rings (SSSR count). The fraction of sp³-hybridized carbons (Fsp3) is 0.562. The van der Waals surface area contributed by atoms with E-state index in [2.05, 4.69) is 10.0 Å². The minimum absolute atomic E-state index is 0.0629. The number of benzene rings is 1. The highest BCUT2D eigenvalue weighted by molar-refractivity contribution is 7.89. The summed E-state index contributed by atoms with van der Waals surface area (Å²) < 4.78 is 27.7. The smallest absolute Gasteiger partial charge is 0.303 e. The van der Waals surface area contributed by atoms with E-state index in [0.29, 0.717) is 17.7 Å². The van der Waals surface area contributed by atoms with E-state index in [4.69, 9.17) is 5.11 Å². The molecule has 0 unspecified atom stereocenters. The number of aliphatic carboxylic acids is 1. The second-order valence-electron chi connectivity index (χ2n) is 5.81. The molecule has 23 heavy (non-hydrogen) atoms. The van der Waals surface area contributed by atoms with Gasteiger partial charge in [0.1, 0.15) is 0 Å². The van der Waals surface area contributed by atoms with Crippen LogP contribution in [0.15, 0.2) is 29.2 Å². The van der Waals surface area contributed by atoms with Crippen LogP contribution in [0, 0.1) is 0 Å². The van der Waals surface area contributed by atoms with Gasteiger partial charge in [0, 0.05) is 13.0 Å². The first-order chi connectivity index (χ1) is 11.0. The average molecular weight is 340 g/mol. The molecule has 1 fully saturated rings. The van der Waals surface area contributed by atoms with Crippen LogP contribution in [-0.2, 0) is 14.8 Å². The van der Waals surface area contributed by atoms with Gasteiger partial charge in [-0.05, 0) is 56.3 Å². The topological polar surface area (TPSA) is 95.5 Å². The first kappa shape index (κ1) is 17.9. The van der Waals surface area contributed by atoms with Gasteiger partial charge >= 0.3 is 5.97 Å². The van der Waals surface area contributed by atoms with Crippen molar-refractivity contribution in [2.45, 2.75) is 42.9 Å². The molecule has 3 N–H and O–H groups in total. The predicted octanol–water partition coefficient (Wildman–Crippen LogP) is 1.69. The van der Waals surface area contributed by atoms with E-state index in [1.54, 1.807) is 12.1 Å². The van der Waals surface area contributed by atoms with Crippen molar-refractivity contribution in [2.75, 3.05) is 19.6 Å². The summed E-state index contributed by atoms with van der Waals surface area (Å²) in [4.78, 5) is 10.8. The Labute approximate surface area is 137 Å². The first-order valence-corrected chi connectivity index (χ1v) is 9.50. The summed E-state index contributed by atoms with van der Waals surface area (Å²) in [5, 5.41) is 11.9. The van der Waals surface area contributed by atoms with Gasteiger partial charge < -0.3 is 10.4 Å². The number of hydrogen-bond donors (Lipinski definition) is 3. The van der Waals surface area contributed by atoms with Crippen molar-refractivity contribution in [1.82, 2.24) is 10.0 Å². The second-order valence-corrected chi connectivity index (χ2v) is 7.55. The number of nitrogens with one attached hydrogen (secondary N) is 2. The Kier molecular flexibility index (Phi) is 6.56. The maximum atomic E-state index is 12.5. The van der Waals surface area contributed by atoms with Gasteiger partial charge in [-0.25, -0.2) is 13.1 Å². The Morgan fingerprint density at radius 1 is 1.22 bits per heavy atom. The highest BCUT2D eigenvalue weighted by atomic mass is 32.2. The van der Waals surface area contributed by atoms with E-state index in [9.17, 15) is 13.2 Å². The standard InChI is InChI=1S/C16H24N2O4S/c19-16(20)7-3-4-10-18-23(21,22)15-6-2-1-5-14(15)13-8-11-17-12-9-13/h1-2,5-6,13,17-18H,3-4,7-12H2,(H,19,20). The van der Waals surface area contributed by atoms with Crippen molar-refractivity contribution in [3.05, 3.63) is 29.8 Å². The lowest BCUT2D eigenvalue weighted by atomic mass is 9.90. The highest BCUT2D eigenvalue weighted by Gasteiger charge is 2.24. The van der Waals surface area contributed by atoms with E-state index in [-0.39, 0.29) is 18.9 Å². The molecule has 6 nitrogen and oxygen atoms in total. The van der Waals surface area contributed by atoms with Crippen LogP contribution in [0.3, 0.4) is 0 Å². The molecule has 0 atom stereocenters. The van der Waals surface area contributed by atoms with Gasteiger partial charge in [0.15, 0.2) is 0 Å². The molecule has 1 aliphatic heterocycles. The van der Waals surface area contributed by atoms with Crippen molar-refractivity contribution in [1.29, 1.82) is 0 Å². The Morgan fingerprint density at radius 3 is 2.61 bits per heavy atom. The molecule has 1 aromatic carbocycles. The van der Waals surface area contributed by atoms with Gasteiger partial charge in [0.05, 0.1) is 4.90 Å². The number of carboxylic acid groups (broad SMARTS) is 1. The molecule has 0 amide bonds. The lowest BCUT2D eigenvalue weighted by Gasteiger charge is -2.25. The van der Waals surface area contributed by atoms with Gasteiger partial charge in [-0.2, -0.15) is 0 Å². The molecular formula is C16H24N2O4S. The van der Waals surface area contributed by atoms with E-state index >= 15 is 0 Å². The van der Waals surface area contributed by atoms with E-state index in [1.165, 1.54) is 0 Å². The fourth-order valence-electron chi connectivity index (χ4n) is 2.88. The second kappa shape index (κ2) is 8.42. The first-order valence-electron chi connectivity index (χ1n) is 8.02. The lowest BCUT2D eigenvalue weighted by Crippen LogP contribution is -2.29. The van der Waals surface area contributed by atoms with Crippen LogP contribution in [0.1, 0.15) is 43.6 Å². The van der Waals surface area contributed by atoms with Gasteiger partial charge in [-0.15, -0.1) is 0 Å². The molecule has 0 saturated carbocycles. The number of piperidine rings is 1. The normalized spacial score (nSPS) is 16.3. The largest absolute Gasteiger partial charge is 0.481 e. The molecular weight excluding hydrogens is 316 g/mol. The molecule has 0 spiro atoms. The molecule has 1 aliphatic rings. The quantitative estimate of drug-likeness (QED) is 0.626. The van der Waals surface area contributed by atoms with Crippen LogP contribution >= 0.6 is 0 Å². The number of rotatable bonds is 8. The highest BCUT2D eigenvalue weighted by Crippen LogP contribution is 2.30. The van der Waals surface area contributed by atoms with Gasteiger partial charge in [-0.1, -0.05) is 18.2 Å². The Bertz CT molecular complexity index is 625. The molecule has 1 aromatic rings. The van der Waals surface area contributed by atoms with Crippen molar-refractivity contribution in [3.8, 4) is 0 Å². The number of carbonyl (C=O) groups is 1. The summed E-state index contributed by atoms with van der Waals surface area (Å²) in [5.74, 6) is -0.597. The SMILES string of the molecule is O=C(O)CCCCNS(=O)(=O)c1ccccc1C1CCNCC1. The van der Waals surface area contributed by atoms with Crippen LogP contribution in [0.4, 0.5) is 0 Å². The van der Waals surface area contributed by atoms with Crippen molar-refractivity contribution in [3.63, 3.8) is 0 Å². The van der Waals surface area contributed by atoms with Crippen LogP contribution in [0.5, 0.6) is 0 Å². The third-order valence-electron chi connectivity index (χ3n) is 4.10. The summed E-state index contributed by atoms with van der Waals surface area (Å²) in [7, 11) is -3.56. The molecule has 0 aliphatic carbocycles. The van der Waals surface area contributed by atoms with Crippen LogP contribution < -0.4 is 10.0 Å². The number of hydrogen-bond acceptors (Lipinski definition) is 4. The zero-order valence-electron chi connectivity index (χ0n) is 13.1. The molecule has 128 valence electrons. The molecule has 0 bridgehead atoms. The third-order valence-corrected chi connectivity index (χ3v) is 5.63. The van der Waals surface area contributed by atoms with Gasteiger partial charge in [-0.3, -0.25) is 4.79 Å². The molecule has 1 heterocycles. The number of sulfonamides is 1. The van der Waals surface area contributed by atoms with Crippen molar-refractivity contribution in [2.24, 2.45) is 0 Å². The number of carboxylic acids is 1. The predicted molar refractivity (Wildman–Crippen MR) is 88.0 cm³/mol. The number of unbranched alkanes of at least 4 members (excludes halogenated alkanes) is 1. The summed E-state index contributed by atoms with van der Waals surface area (Å²) in [6.07, 6.45) is 2.92. The monoisotopic (exact) mass is 340 g/mol. The van der Waals surface area contributed by atoms with E-state index in [1.807, 2.05) is 12.1 Å².